The Bertz CT molecular complexity index is 1190. The summed E-state index contributed by atoms with van der Waals surface area (Å²) in [5.74, 6) is 0.179. The third-order valence-corrected chi connectivity index (χ3v) is 6.11. The maximum Gasteiger partial charge on any atom is 0.261 e. The second-order valence-corrected chi connectivity index (χ2v) is 8.45. The summed E-state index contributed by atoms with van der Waals surface area (Å²) in [5, 5.41) is 3.92. The molecule has 5 rings (SSSR count). The Morgan fingerprint density at radius 3 is 2.24 bits per heavy atom. The first-order valence-electron chi connectivity index (χ1n) is 11.0. The molecule has 33 heavy (non-hydrogen) atoms. The zero-order valence-corrected chi connectivity index (χ0v) is 18.4. The van der Waals surface area contributed by atoms with E-state index in [2.05, 4.69) is 10.1 Å². The fraction of sp³-hybridized carbons (Fsp3) is 0.280. The highest BCUT2D eigenvalue weighted by Crippen LogP contribution is 2.24. The van der Waals surface area contributed by atoms with Crippen molar-refractivity contribution in [3.63, 3.8) is 0 Å². The van der Waals surface area contributed by atoms with Crippen LogP contribution in [0.1, 0.15) is 48.1 Å². The largest absolute Gasteiger partial charge is 0.360 e. The van der Waals surface area contributed by atoms with Crippen molar-refractivity contribution in [3.05, 3.63) is 88.3 Å². The molecule has 0 N–H and O–H groups in total. The Balaban J connectivity index is 1.22. The average Bonchev–Trinajstić information content (AvgIpc) is 3.35. The summed E-state index contributed by atoms with van der Waals surface area (Å²) >= 11 is 0. The number of piperazine rings is 1. The predicted molar refractivity (Wildman–Crippen MR) is 120 cm³/mol. The molecular formula is C25H24N4O4. The smallest absolute Gasteiger partial charge is 0.261 e. The lowest BCUT2D eigenvalue weighted by Gasteiger charge is -2.34. The average molecular weight is 444 g/mol. The Morgan fingerprint density at radius 1 is 0.909 bits per heavy atom. The number of hydrogen-bond donors (Lipinski definition) is 0. The highest BCUT2D eigenvalue weighted by atomic mass is 16.5. The normalized spacial score (nSPS) is 16.4. The minimum Gasteiger partial charge on any atom is -0.360 e. The van der Waals surface area contributed by atoms with E-state index in [0.717, 1.165) is 30.1 Å². The van der Waals surface area contributed by atoms with Crippen LogP contribution in [0.4, 0.5) is 0 Å². The molecule has 0 aliphatic carbocycles. The van der Waals surface area contributed by atoms with Crippen molar-refractivity contribution in [2.24, 2.45) is 0 Å². The summed E-state index contributed by atoms with van der Waals surface area (Å²) in [6.45, 7) is 5.45. The van der Waals surface area contributed by atoms with Crippen molar-refractivity contribution >= 4 is 17.7 Å². The highest BCUT2D eigenvalue weighted by molar-refractivity contribution is 6.21. The van der Waals surface area contributed by atoms with E-state index in [0.29, 0.717) is 36.3 Å². The molecule has 0 radical (unpaired) electrons. The van der Waals surface area contributed by atoms with Crippen molar-refractivity contribution in [2.45, 2.75) is 20.0 Å². The van der Waals surface area contributed by atoms with Gasteiger partial charge in [-0.25, -0.2) is 0 Å². The number of fused-ring (bicyclic) bond motifs is 1. The molecule has 168 valence electrons. The third kappa shape index (κ3) is 4.17. The molecule has 0 spiro atoms. The molecule has 1 saturated heterocycles. The Kier molecular flexibility index (Phi) is 5.51. The topological polar surface area (TPSA) is 87.0 Å². The fourth-order valence-electron chi connectivity index (χ4n) is 4.37. The minimum absolute atomic E-state index is 0.0469. The van der Waals surface area contributed by atoms with Crippen molar-refractivity contribution in [1.82, 2.24) is 19.9 Å². The van der Waals surface area contributed by atoms with E-state index in [1.54, 1.807) is 42.5 Å². The number of imide groups is 1. The van der Waals surface area contributed by atoms with Crippen LogP contribution in [-0.4, -0.2) is 63.8 Å². The van der Waals surface area contributed by atoms with E-state index in [4.69, 9.17) is 4.52 Å². The third-order valence-electron chi connectivity index (χ3n) is 6.11. The Hall–Kier alpha value is -3.78. The first-order valence-corrected chi connectivity index (χ1v) is 11.0. The maximum atomic E-state index is 13.1. The highest BCUT2D eigenvalue weighted by Gasteiger charge is 2.35. The van der Waals surface area contributed by atoms with Crippen LogP contribution < -0.4 is 0 Å². The lowest BCUT2D eigenvalue weighted by atomic mass is 10.1. The fourth-order valence-corrected chi connectivity index (χ4v) is 4.37. The van der Waals surface area contributed by atoms with Gasteiger partial charge in [0.1, 0.15) is 0 Å². The van der Waals surface area contributed by atoms with Gasteiger partial charge >= 0.3 is 0 Å². The molecule has 3 heterocycles. The molecule has 2 aliphatic heterocycles. The van der Waals surface area contributed by atoms with Gasteiger partial charge in [0.15, 0.2) is 5.76 Å². The van der Waals surface area contributed by atoms with Crippen LogP contribution in [0, 0.1) is 6.92 Å². The SMILES string of the molecule is Cc1cc(CN2CCN(C(=O)c3cccc(CN4C(=O)c5ccccc5C4=O)c3)CC2)on1. The van der Waals surface area contributed by atoms with Crippen LogP contribution in [0.3, 0.4) is 0 Å². The van der Waals surface area contributed by atoms with E-state index in [9.17, 15) is 14.4 Å². The van der Waals surface area contributed by atoms with Crippen LogP contribution in [0.25, 0.3) is 0 Å². The number of nitrogens with zero attached hydrogens (tertiary/aromatic N) is 4. The van der Waals surface area contributed by atoms with Crippen molar-refractivity contribution < 1.29 is 18.9 Å². The molecule has 3 aromatic rings. The first-order chi connectivity index (χ1) is 16.0. The summed E-state index contributed by atoms with van der Waals surface area (Å²) in [5.41, 5.74) is 3.01. The van der Waals surface area contributed by atoms with Crippen molar-refractivity contribution in [1.29, 1.82) is 0 Å². The number of aryl methyl sites for hydroxylation is 1. The summed E-state index contributed by atoms with van der Waals surface area (Å²) in [7, 11) is 0. The van der Waals surface area contributed by atoms with Crippen LogP contribution in [0.15, 0.2) is 59.1 Å². The number of hydrogen-bond acceptors (Lipinski definition) is 6. The lowest BCUT2D eigenvalue weighted by Crippen LogP contribution is -2.48. The van der Waals surface area contributed by atoms with Crippen molar-refractivity contribution in [3.8, 4) is 0 Å². The van der Waals surface area contributed by atoms with Crippen LogP contribution in [0.5, 0.6) is 0 Å². The Morgan fingerprint density at radius 2 is 1.61 bits per heavy atom. The second-order valence-electron chi connectivity index (χ2n) is 8.45. The molecule has 2 aromatic carbocycles. The predicted octanol–water partition coefficient (Wildman–Crippen LogP) is 2.74. The summed E-state index contributed by atoms with van der Waals surface area (Å²) < 4.78 is 5.29. The van der Waals surface area contributed by atoms with Gasteiger partial charge in [0, 0.05) is 37.8 Å². The molecule has 0 bridgehead atoms. The van der Waals surface area contributed by atoms with E-state index >= 15 is 0 Å². The van der Waals surface area contributed by atoms with Gasteiger partial charge in [0.2, 0.25) is 0 Å². The van der Waals surface area contributed by atoms with Gasteiger partial charge in [0.05, 0.1) is 29.9 Å². The van der Waals surface area contributed by atoms with Crippen LogP contribution in [0.2, 0.25) is 0 Å². The molecule has 1 aromatic heterocycles. The monoisotopic (exact) mass is 444 g/mol. The quantitative estimate of drug-likeness (QED) is 0.563. The summed E-state index contributed by atoms with van der Waals surface area (Å²) in [6.07, 6.45) is 0. The van der Waals surface area contributed by atoms with Gasteiger partial charge in [-0.1, -0.05) is 29.4 Å². The molecule has 0 unspecified atom stereocenters. The Labute approximate surface area is 191 Å². The molecule has 0 atom stereocenters. The van der Waals surface area contributed by atoms with E-state index in [-0.39, 0.29) is 24.3 Å². The molecule has 2 aliphatic rings. The van der Waals surface area contributed by atoms with Gasteiger partial charge in [-0.05, 0) is 36.8 Å². The van der Waals surface area contributed by atoms with E-state index in [1.165, 1.54) is 4.90 Å². The lowest BCUT2D eigenvalue weighted by molar-refractivity contribution is 0.0616. The van der Waals surface area contributed by atoms with Gasteiger partial charge in [-0.15, -0.1) is 0 Å². The number of amides is 3. The standard InChI is InChI=1S/C25H24N4O4/c1-17-13-20(33-26-17)16-27-9-11-28(12-10-27)23(30)19-6-4-5-18(14-19)15-29-24(31)21-7-2-3-8-22(21)25(29)32/h2-8,13-14H,9-12,15-16H2,1H3. The molecule has 8 nitrogen and oxygen atoms in total. The number of rotatable bonds is 5. The number of aromatic nitrogens is 1. The second kappa shape index (κ2) is 8.63. The molecular weight excluding hydrogens is 420 g/mol. The number of carbonyl (C=O) groups excluding carboxylic acids is 3. The van der Waals surface area contributed by atoms with Gasteiger partial charge in [-0.2, -0.15) is 0 Å². The number of benzene rings is 2. The van der Waals surface area contributed by atoms with Crippen LogP contribution >= 0.6 is 0 Å². The van der Waals surface area contributed by atoms with E-state index in [1.807, 2.05) is 24.0 Å². The zero-order chi connectivity index (χ0) is 22.9. The maximum absolute atomic E-state index is 13.1. The molecule has 8 heteroatoms. The molecule has 0 saturated carbocycles. The number of carbonyl (C=O) groups is 3. The summed E-state index contributed by atoms with van der Waals surface area (Å²) in [4.78, 5) is 43.7. The van der Waals surface area contributed by atoms with Gasteiger partial charge in [0.25, 0.3) is 17.7 Å². The first kappa shape index (κ1) is 21.1. The molecule has 3 amide bonds. The molecule has 1 fully saturated rings. The van der Waals surface area contributed by atoms with E-state index < -0.39 is 0 Å². The van der Waals surface area contributed by atoms with Crippen LogP contribution in [-0.2, 0) is 13.1 Å². The van der Waals surface area contributed by atoms with Gasteiger partial charge < -0.3 is 9.42 Å². The zero-order valence-electron chi connectivity index (χ0n) is 18.4. The summed E-state index contributed by atoms with van der Waals surface area (Å²) in [6, 6.07) is 15.9. The minimum atomic E-state index is -0.301. The van der Waals surface area contributed by atoms with Gasteiger partial charge in [-0.3, -0.25) is 24.2 Å². The van der Waals surface area contributed by atoms with Crippen molar-refractivity contribution in [2.75, 3.05) is 26.2 Å².